The summed E-state index contributed by atoms with van der Waals surface area (Å²) in [5, 5.41) is 8.96. The fourth-order valence-electron chi connectivity index (χ4n) is 2.44. The summed E-state index contributed by atoms with van der Waals surface area (Å²) in [6, 6.07) is 6.97. The van der Waals surface area contributed by atoms with Gasteiger partial charge >= 0.3 is 5.97 Å². The largest absolute Gasteiger partial charge is 0.493 e. The Bertz CT molecular complexity index is 836. The number of benzene rings is 2. The molecular formula is C19H19F2NO4. The van der Waals surface area contributed by atoms with Crippen molar-refractivity contribution in [1.29, 1.82) is 0 Å². The molecule has 0 radical (unpaired) electrons. The number of halogens is 2. The molecule has 2 rings (SSSR count). The third-order valence-corrected chi connectivity index (χ3v) is 3.81. The summed E-state index contributed by atoms with van der Waals surface area (Å²) in [5.74, 6) is -1.75. The summed E-state index contributed by atoms with van der Waals surface area (Å²) >= 11 is 0. The second-order valence-corrected chi connectivity index (χ2v) is 5.49. The number of methoxy groups -OCH3 is 2. The molecule has 26 heavy (non-hydrogen) atoms. The molecule has 0 aromatic heterocycles. The zero-order valence-corrected chi connectivity index (χ0v) is 14.3. The molecule has 0 aliphatic carbocycles. The lowest BCUT2D eigenvalue weighted by atomic mass is 9.95. The zero-order valence-electron chi connectivity index (χ0n) is 14.3. The number of rotatable bonds is 7. The first-order valence-electron chi connectivity index (χ1n) is 7.73. The van der Waals surface area contributed by atoms with Gasteiger partial charge in [-0.25, -0.2) is 8.78 Å². The molecule has 1 unspecified atom stereocenters. The van der Waals surface area contributed by atoms with Gasteiger partial charge in [-0.3, -0.25) is 4.79 Å². The van der Waals surface area contributed by atoms with Gasteiger partial charge in [-0.2, -0.15) is 0 Å². The lowest BCUT2D eigenvalue weighted by Gasteiger charge is -2.14. The second-order valence-electron chi connectivity index (χ2n) is 5.49. The highest BCUT2D eigenvalue weighted by Gasteiger charge is 2.16. The van der Waals surface area contributed by atoms with Crippen LogP contribution in [0.4, 0.5) is 8.78 Å². The maximum absolute atomic E-state index is 14.3. The minimum Gasteiger partial charge on any atom is -0.493 e. The molecular weight excluding hydrogens is 344 g/mol. The molecule has 2 aromatic rings. The summed E-state index contributed by atoms with van der Waals surface area (Å²) in [7, 11) is 2.95. The normalized spacial score (nSPS) is 12.6. The van der Waals surface area contributed by atoms with Gasteiger partial charge in [-0.15, -0.1) is 0 Å². The Morgan fingerprint density at radius 2 is 1.85 bits per heavy atom. The molecule has 0 amide bonds. The predicted molar refractivity (Wildman–Crippen MR) is 93.2 cm³/mol. The van der Waals surface area contributed by atoms with Gasteiger partial charge in [0, 0.05) is 11.6 Å². The van der Waals surface area contributed by atoms with E-state index < -0.39 is 23.6 Å². The van der Waals surface area contributed by atoms with Crippen LogP contribution < -0.4 is 15.2 Å². The van der Waals surface area contributed by atoms with E-state index in [9.17, 15) is 13.6 Å². The quantitative estimate of drug-likeness (QED) is 0.789. The Morgan fingerprint density at radius 1 is 1.15 bits per heavy atom. The minimum absolute atomic E-state index is 0.0319. The highest BCUT2D eigenvalue weighted by Crippen LogP contribution is 2.34. The van der Waals surface area contributed by atoms with E-state index in [0.29, 0.717) is 22.6 Å². The van der Waals surface area contributed by atoms with E-state index in [0.717, 1.165) is 12.1 Å². The van der Waals surface area contributed by atoms with Gasteiger partial charge in [0.05, 0.1) is 14.2 Å². The van der Waals surface area contributed by atoms with Crippen molar-refractivity contribution in [2.45, 2.75) is 12.5 Å². The number of aliphatic carboxylic acids is 1. The summed E-state index contributed by atoms with van der Waals surface area (Å²) < 4.78 is 38.0. The smallest absolute Gasteiger partial charge is 0.320 e. The standard InChI is InChI=1S/C19H19F2NO4/c1-25-17-8-3-11(9-18(17)26-2)13(6-7-16(22)19(23)24)14-5-4-12(20)10-15(14)21/h3-6,8-10,16H,7,22H2,1-2H3,(H,23,24). The first-order valence-corrected chi connectivity index (χ1v) is 7.73. The molecule has 1 atom stereocenters. The van der Waals surface area contributed by atoms with Crippen LogP contribution in [0, 0.1) is 11.6 Å². The average molecular weight is 363 g/mol. The van der Waals surface area contributed by atoms with Gasteiger partial charge in [0.25, 0.3) is 0 Å². The highest BCUT2D eigenvalue weighted by atomic mass is 19.1. The molecule has 0 fully saturated rings. The van der Waals surface area contributed by atoms with Gasteiger partial charge in [0.1, 0.15) is 17.7 Å². The molecule has 2 aromatic carbocycles. The molecule has 0 saturated heterocycles. The van der Waals surface area contributed by atoms with Crippen LogP contribution in [0.15, 0.2) is 42.5 Å². The van der Waals surface area contributed by atoms with Crippen molar-refractivity contribution < 1.29 is 28.2 Å². The number of ether oxygens (including phenoxy) is 2. The van der Waals surface area contributed by atoms with Crippen LogP contribution >= 0.6 is 0 Å². The highest BCUT2D eigenvalue weighted by molar-refractivity contribution is 5.82. The van der Waals surface area contributed by atoms with Gasteiger partial charge in [0.15, 0.2) is 11.5 Å². The number of hydrogen-bond acceptors (Lipinski definition) is 4. The van der Waals surface area contributed by atoms with E-state index in [1.165, 1.54) is 26.4 Å². The third kappa shape index (κ3) is 4.37. The maximum Gasteiger partial charge on any atom is 0.320 e. The predicted octanol–water partition coefficient (Wildman–Crippen LogP) is 3.22. The number of carboxylic acid groups (broad SMARTS) is 1. The van der Waals surface area contributed by atoms with E-state index in [2.05, 4.69) is 0 Å². The molecule has 0 saturated carbocycles. The molecule has 0 spiro atoms. The Balaban J connectivity index is 2.56. The van der Waals surface area contributed by atoms with Crippen molar-refractivity contribution >= 4 is 11.5 Å². The topological polar surface area (TPSA) is 81.8 Å². The van der Waals surface area contributed by atoms with Crippen molar-refractivity contribution in [3.8, 4) is 11.5 Å². The van der Waals surface area contributed by atoms with Crippen molar-refractivity contribution in [3.05, 3.63) is 65.2 Å². The van der Waals surface area contributed by atoms with Crippen molar-refractivity contribution in [2.24, 2.45) is 5.73 Å². The summed E-state index contributed by atoms with van der Waals surface area (Å²) in [6.07, 6.45) is 1.48. The number of carbonyl (C=O) groups is 1. The monoisotopic (exact) mass is 363 g/mol. The zero-order chi connectivity index (χ0) is 19.3. The molecule has 0 aliphatic heterocycles. The molecule has 3 N–H and O–H groups in total. The van der Waals surface area contributed by atoms with Gasteiger partial charge < -0.3 is 20.3 Å². The van der Waals surface area contributed by atoms with Crippen LogP contribution in [-0.4, -0.2) is 31.3 Å². The van der Waals surface area contributed by atoms with Crippen molar-refractivity contribution in [1.82, 2.24) is 0 Å². The molecule has 5 nitrogen and oxygen atoms in total. The van der Waals surface area contributed by atoms with Crippen molar-refractivity contribution in [3.63, 3.8) is 0 Å². The Kier molecular flexibility index (Phi) is 6.30. The number of nitrogens with two attached hydrogens (primary N) is 1. The number of hydrogen-bond donors (Lipinski definition) is 2. The van der Waals surface area contributed by atoms with E-state index in [1.54, 1.807) is 18.2 Å². The third-order valence-electron chi connectivity index (χ3n) is 3.81. The molecule has 7 heteroatoms. The summed E-state index contributed by atoms with van der Waals surface area (Å²) in [4.78, 5) is 11.0. The fourth-order valence-corrected chi connectivity index (χ4v) is 2.44. The van der Waals surface area contributed by atoms with Crippen molar-refractivity contribution in [2.75, 3.05) is 14.2 Å². The lowest BCUT2D eigenvalue weighted by Crippen LogP contribution is -2.29. The summed E-state index contributed by atoms with van der Waals surface area (Å²) in [6.45, 7) is 0. The first kappa shape index (κ1) is 19.4. The van der Waals surface area contributed by atoms with E-state index >= 15 is 0 Å². The van der Waals surface area contributed by atoms with E-state index in [-0.39, 0.29) is 12.0 Å². The minimum atomic E-state index is -1.17. The van der Waals surface area contributed by atoms with Crippen LogP contribution in [0.1, 0.15) is 17.5 Å². The van der Waals surface area contributed by atoms with Gasteiger partial charge in [-0.1, -0.05) is 12.1 Å². The fraction of sp³-hybridized carbons (Fsp3) is 0.211. The van der Waals surface area contributed by atoms with Crippen LogP contribution in [-0.2, 0) is 4.79 Å². The van der Waals surface area contributed by atoms with Crippen LogP contribution in [0.3, 0.4) is 0 Å². The Hall–Kier alpha value is -2.93. The maximum atomic E-state index is 14.3. The molecule has 138 valence electrons. The average Bonchev–Trinajstić information content (AvgIpc) is 2.62. The molecule has 0 heterocycles. The number of carboxylic acids is 1. The SMILES string of the molecule is COc1ccc(C(=CCC(N)C(=O)O)c2ccc(F)cc2F)cc1OC. The second kappa shape index (κ2) is 8.44. The summed E-state index contributed by atoms with van der Waals surface area (Å²) in [5.41, 5.74) is 6.59. The Labute approximate surface area is 149 Å². The molecule has 0 aliphatic rings. The van der Waals surface area contributed by atoms with Crippen LogP contribution in [0.5, 0.6) is 11.5 Å². The van der Waals surface area contributed by atoms with E-state index in [4.69, 9.17) is 20.3 Å². The van der Waals surface area contributed by atoms with Gasteiger partial charge in [-0.05, 0) is 41.8 Å². The van der Waals surface area contributed by atoms with Gasteiger partial charge in [0.2, 0.25) is 0 Å². The van der Waals surface area contributed by atoms with Crippen LogP contribution in [0.2, 0.25) is 0 Å². The lowest BCUT2D eigenvalue weighted by molar-refractivity contribution is -0.138. The van der Waals surface area contributed by atoms with Crippen LogP contribution in [0.25, 0.3) is 5.57 Å². The molecule has 0 bridgehead atoms. The first-order chi connectivity index (χ1) is 12.4. The van der Waals surface area contributed by atoms with E-state index in [1.807, 2.05) is 0 Å². The Morgan fingerprint density at radius 3 is 2.42 bits per heavy atom.